The maximum atomic E-state index is 11.5. The summed E-state index contributed by atoms with van der Waals surface area (Å²) in [7, 11) is 1.48. The van der Waals surface area contributed by atoms with Crippen molar-refractivity contribution in [3.05, 3.63) is 12.2 Å². The first-order valence-electron chi connectivity index (χ1n) is 4.91. The van der Waals surface area contributed by atoms with Gasteiger partial charge in [-0.25, -0.2) is 4.79 Å². The van der Waals surface area contributed by atoms with Gasteiger partial charge < -0.3 is 15.3 Å². The maximum absolute atomic E-state index is 11.5. The quantitative estimate of drug-likeness (QED) is 0.606. The third-order valence-corrected chi connectivity index (χ3v) is 1.79. The van der Waals surface area contributed by atoms with Crippen molar-refractivity contribution >= 4 is 17.8 Å². The van der Waals surface area contributed by atoms with E-state index in [2.05, 4.69) is 5.32 Å². The monoisotopic (exact) mass is 228 g/mol. The zero-order chi connectivity index (χ0) is 12.6. The fraction of sp³-hybridized carbons (Fsp3) is 0.500. The Labute approximate surface area is 93.9 Å². The molecule has 0 spiro atoms. The third kappa shape index (κ3) is 5.79. The van der Waals surface area contributed by atoms with Crippen molar-refractivity contribution in [1.29, 1.82) is 0 Å². The molecule has 0 aliphatic carbocycles. The maximum Gasteiger partial charge on any atom is 0.328 e. The zero-order valence-electron chi connectivity index (χ0n) is 9.40. The van der Waals surface area contributed by atoms with E-state index >= 15 is 0 Å². The van der Waals surface area contributed by atoms with Crippen LogP contribution in [0.25, 0.3) is 0 Å². The molecule has 0 saturated heterocycles. The molecule has 0 aromatic carbocycles. The van der Waals surface area contributed by atoms with Crippen LogP contribution in [-0.2, 0) is 14.4 Å². The molecule has 0 saturated carbocycles. The number of carbonyl (C=O) groups is 3. The van der Waals surface area contributed by atoms with E-state index in [0.29, 0.717) is 13.0 Å². The number of nitrogens with one attached hydrogen (secondary N) is 1. The van der Waals surface area contributed by atoms with Crippen LogP contribution in [0.5, 0.6) is 0 Å². The molecule has 90 valence electrons. The standard InChI is InChI=1S/C10H16N2O4/c1-3-6-12(7-8(13)11-2)9(14)4-5-10(15)16/h4-5H,3,6-7H2,1-2H3,(H,11,13)(H,15,16)/b5-4+. The van der Waals surface area contributed by atoms with Crippen LogP contribution >= 0.6 is 0 Å². The van der Waals surface area contributed by atoms with Gasteiger partial charge in [0, 0.05) is 25.7 Å². The lowest BCUT2D eigenvalue weighted by molar-refractivity contribution is -0.133. The Balaban J connectivity index is 4.45. The summed E-state index contributed by atoms with van der Waals surface area (Å²) < 4.78 is 0. The molecule has 2 N–H and O–H groups in total. The van der Waals surface area contributed by atoms with Crippen LogP contribution in [0.2, 0.25) is 0 Å². The Bertz CT molecular complexity index is 299. The largest absolute Gasteiger partial charge is 0.478 e. The summed E-state index contributed by atoms with van der Waals surface area (Å²) >= 11 is 0. The normalized spacial score (nSPS) is 10.1. The molecule has 0 unspecified atom stereocenters. The highest BCUT2D eigenvalue weighted by Gasteiger charge is 2.13. The SMILES string of the molecule is CCCN(CC(=O)NC)C(=O)/C=C/C(=O)O. The molecule has 0 aliphatic heterocycles. The average Bonchev–Trinajstić information content (AvgIpc) is 2.24. The minimum absolute atomic E-state index is 0.0624. The number of carbonyl (C=O) groups excluding carboxylic acids is 2. The summed E-state index contributed by atoms with van der Waals surface area (Å²) in [5, 5.41) is 10.8. The number of aliphatic carboxylic acids is 1. The van der Waals surface area contributed by atoms with Crippen LogP contribution in [0.4, 0.5) is 0 Å². The van der Waals surface area contributed by atoms with Gasteiger partial charge in [0.1, 0.15) is 0 Å². The van der Waals surface area contributed by atoms with Crippen LogP contribution in [0, 0.1) is 0 Å². The molecule has 6 nitrogen and oxygen atoms in total. The topological polar surface area (TPSA) is 86.7 Å². The lowest BCUT2D eigenvalue weighted by atomic mass is 10.3. The minimum atomic E-state index is -1.19. The van der Waals surface area contributed by atoms with Crippen molar-refractivity contribution in [2.45, 2.75) is 13.3 Å². The van der Waals surface area contributed by atoms with Crippen LogP contribution in [0.3, 0.4) is 0 Å². The van der Waals surface area contributed by atoms with Gasteiger partial charge in [0.2, 0.25) is 11.8 Å². The number of carboxylic acid groups (broad SMARTS) is 1. The van der Waals surface area contributed by atoms with Crippen molar-refractivity contribution in [3.63, 3.8) is 0 Å². The Kier molecular flexibility index (Phi) is 6.58. The summed E-state index contributed by atoms with van der Waals surface area (Å²) in [6, 6.07) is 0. The van der Waals surface area contributed by atoms with E-state index in [0.717, 1.165) is 12.2 Å². The number of hydrogen-bond acceptors (Lipinski definition) is 3. The number of hydrogen-bond donors (Lipinski definition) is 2. The summed E-state index contributed by atoms with van der Waals surface area (Å²) in [5.74, 6) is -1.96. The number of likely N-dealkylation sites (N-methyl/N-ethyl adjacent to an activating group) is 1. The molecule has 16 heavy (non-hydrogen) atoms. The second-order valence-corrected chi connectivity index (χ2v) is 3.10. The first-order valence-corrected chi connectivity index (χ1v) is 4.91. The second-order valence-electron chi connectivity index (χ2n) is 3.10. The van der Waals surface area contributed by atoms with Gasteiger partial charge in [-0.05, 0) is 6.42 Å². The molecule has 0 rings (SSSR count). The number of rotatable bonds is 6. The van der Waals surface area contributed by atoms with Gasteiger partial charge in [-0.1, -0.05) is 6.92 Å². The Morgan fingerprint density at radius 3 is 2.38 bits per heavy atom. The highest BCUT2D eigenvalue weighted by Crippen LogP contribution is 1.94. The van der Waals surface area contributed by atoms with Crippen LogP contribution in [0.1, 0.15) is 13.3 Å². The van der Waals surface area contributed by atoms with Gasteiger partial charge >= 0.3 is 5.97 Å². The molecule has 0 atom stereocenters. The minimum Gasteiger partial charge on any atom is -0.478 e. The smallest absolute Gasteiger partial charge is 0.328 e. The van der Waals surface area contributed by atoms with Crippen molar-refractivity contribution in [2.24, 2.45) is 0 Å². The van der Waals surface area contributed by atoms with E-state index in [4.69, 9.17) is 5.11 Å². The molecule has 0 aromatic heterocycles. The van der Waals surface area contributed by atoms with E-state index in [1.807, 2.05) is 6.92 Å². The summed E-state index contributed by atoms with van der Waals surface area (Å²) in [6.45, 7) is 2.22. The predicted molar refractivity (Wildman–Crippen MR) is 57.7 cm³/mol. The van der Waals surface area contributed by atoms with Crippen molar-refractivity contribution in [3.8, 4) is 0 Å². The third-order valence-electron chi connectivity index (χ3n) is 1.79. The van der Waals surface area contributed by atoms with Gasteiger partial charge in [-0.2, -0.15) is 0 Å². The summed E-state index contributed by atoms with van der Waals surface area (Å²) in [5.41, 5.74) is 0. The summed E-state index contributed by atoms with van der Waals surface area (Å²) in [4.78, 5) is 34.1. The first kappa shape index (κ1) is 14.2. The van der Waals surface area contributed by atoms with Crippen LogP contribution < -0.4 is 5.32 Å². The van der Waals surface area contributed by atoms with Gasteiger partial charge in [-0.3, -0.25) is 9.59 Å². The lowest BCUT2D eigenvalue weighted by Crippen LogP contribution is -2.39. The van der Waals surface area contributed by atoms with Crippen molar-refractivity contribution in [1.82, 2.24) is 10.2 Å². The molecule has 0 fully saturated rings. The van der Waals surface area contributed by atoms with Crippen molar-refractivity contribution < 1.29 is 19.5 Å². The fourth-order valence-corrected chi connectivity index (χ4v) is 1.04. The number of nitrogens with zero attached hydrogens (tertiary/aromatic N) is 1. The van der Waals surface area contributed by atoms with Crippen LogP contribution in [-0.4, -0.2) is 47.9 Å². The van der Waals surface area contributed by atoms with Gasteiger partial charge in [0.15, 0.2) is 0 Å². The number of carboxylic acids is 1. The van der Waals surface area contributed by atoms with E-state index in [1.54, 1.807) is 0 Å². The highest BCUT2D eigenvalue weighted by molar-refractivity contribution is 5.95. The van der Waals surface area contributed by atoms with E-state index in [-0.39, 0.29) is 12.5 Å². The van der Waals surface area contributed by atoms with Gasteiger partial charge in [0.05, 0.1) is 6.54 Å². The molecule has 6 heteroatoms. The molecule has 0 bridgehead atoms. The zero-order valence-corrected chi connectivity index (χ0v) is 9.40. The Morgan fingerprint density at radius 2 is 1.94 bits per heavy atom. The van der Waals surface area contributed by atoms with Crippen LogP contribution in [0.15, 0.2) is 12.2 Å². The molecular weight excluding hydrogens is 212 g/mol. The Hall–Kier alpha value is -1.85. The number of amides is 2. The fourth-order valence-electron chi connectivity index (χ4n) is 1.04. The van der Waals surface area contributed by atoms with Gasteiger partial charge in [-0.15, -0.1) is 0 Å². The van der Waals surface area contributed by atoms with E-state index in [9.17, 15) is 14.4 Å². The predicted octanol–water partition coefficient (Wildman–Crippen LogP) is -0.388. The molecule has 0 heterocycles. The first-order chi connectivity index (χ1) is 7.51. The van der Waals surface area contributed by atoms with Gasteiger partial charge in [0.25, 0.3) is 0 Å². The van der Waals surface area contributed by atoms with E-state index in [1.165, 1.54) is 11.9 Å². The van der Waals surface area contributed by atoms with E-state index < -0.39 is 11.9 Å². The second kappa shape index (κ2) is 7.44. The average molecular weight is 228 g/mol. The Morgan fingerprint density at radius 1 is 1.31 bits per heavy atom. The molecular formula is C10H16N2O4. The molecule has 2 amide bonds. The lowest BCUT2D eigenvalue weighted by Gasteiger charge is -2.19. The summed E-state index contributed by atoms with van der Waals surface area (Å²) in [6.07, 6.45) is 2.40. The van der Waals surface area contributed by atoms with Crippen molar-refractivity contribution in [2.75, 3.05) is 20.1 Å². The molecule has 0 aliphatic rings. The highest BCUT2D eigenvalue weighted by atomic mass is 16.4. The molecule has 0 aromatic rings. The molecule has 0 radical (unpaired) electrons.